The first-order valence-electron chi connectivity index (χ1n) is 6.57. The fourth-order valence-electron chi connectivity index (χ4n) is 1.67. The van der Waals surface area contributed by atoms with Gasteiger partial charge >= 0.3 is 0 Å². The van der Waals surface area contributed by atoms with Gasteiger partial charge in [0, 0.05) is 20.2 Å². The van der Waals surface area contributed by atoms with Crippen molar-refractivity contribution in [3.05, 3.63) is 28.8 Å². The molecule has 6 nitrogen and oxygen atoms in total. The summed E-state index contributed by atoms with van der Waals surface area (Å²) in [5.74, 6) is 1.32. The van der Waals surface area contributed by atoms with Crippen molar-refractivity contribution in [1.82, 2.24) is 15.5 Å². The van der Waals surface area contributed by atoms with Crippen LogP contribution in [0.5, 0.6) is 16.7 Å². The first kappa shape index (κ1) is 15.7. The van der Waals surface area contributed by atoms with Crippen LogP contribution in [0.4, 0.5) is 0 Å². The minimum atomic E-state index is 0.501. The van der Waals surface area contributed by atoms with Gasteiger partial charge in [0.1, 0.15) is 5.01 Å². The number of benzene rings is 1. The van der Waals surface area contributed by atoms with Crippen LogP contribution in [0.15, 0.2) is 18.2 Å². The minimum absolute atomic E-state index is 0.501. The third-order valence-electron chi connectivity index (χ3n) is 2.72. The fraction of sp³-hybridized carbons (Fsp3) is 0.429. The summed E-state index contributed by atoms with van der Waals surface area (Å²) in [7, 11) is 3.29. The molecule has 0 radical (unpaired) electrons. The number of aryl methyl sites for hydroxylation is 1. The highest BCUT2D eigenvalue weighted by molar-refractivity contribution is 7.13. The van der Waals surface area contributed by atoms with E-state index in [0.717, 1.165) is 17.1 Å². The monoisotopic (exact) mass is 309 g/mol. The Balaban J connectivity index is 1.96. The predicted molar refractivity (Wildman–Crippen MR) is 81.3 cm³/mol. The molecule has 0 bridgehead atoms. The lowest BCUT2D eigenvalue weighted by Crippen LogP contribution is -2.18. The second kappa shape index (κ2) is 7.92. The topological polar surface area (TPSA) is 65.5 Å². The Morgan fingerprint density at radius 2 is 2.05 bits per heavy atom. The quantitative estimate of drug-likeness (QED) is 0.755. The molecule has 1 aromatic carbocycles. The Labute approximate surface area is 128 Å². The Bertz CT molecular complexity index is 574. The van der Waals surface area contributed by atoms with E-state index in [1.165, 1.54) is 11.3 Å². The molecule has 0 aliphatic heterocycles. The number of ether oxygens (including phenoxy) is 3. The van der Waals surface area contributed by atoms with Gasteiger partial charge < -0.3 is 19.5 Å². The van der Waals surface area contributed by atoms with Crippen LogP contribution in [0, 0.1) is 6.92 Å². The van der Waals surface area contributed by atoms with E-state index in [4.69, 9.17) is 14.2 Å². The third kappa shape index (κ3) is 4.66. The van der Waals surface area contributed by atoms with Crippen molar-refractivity contribution in [3.8, 4) is 16.7 Å². The molecule has 0 spiro atoms. The van der Waals surface area contributed by atoms with Crippen LogP contribution in [-0.4, -0.2) is 37.6 Å². The highest BCUT2D eigenvalue weighted by Crippen LogP contribution is 2.33. The van der Waals surface area contributed by atoms with Crippen LogP contribution in [0.3, 0.4) is 0 Å². The maximum absolute atomic E-state index is 5.73. The fourth-order valence-corrected chi connectivity index (χ4v) is 2.34. The second-order valence-corrected chi connectivity index (χ2v) is 5.41. The normalized spacial score (nSPS) is 10.6. The highest BCUT2D eigenvalue weighted by Gasteiger charge is 2.10. The summed E-state index contributed by atoms with van der Waals surface area (Å²) < 4.78 is 16.0. The molecule has 0 aliphatic carbocycles. The zero-order valence-electron chi connectivity index (χ0n) is 12.4. The number of aromatic nitrogens is 2. The first-order chi connectivity index (χ1) is 10.2. The number of hydrogen-bond donors (Lipinski definition) is 1. The van der Waals surface area contributed by atoms with E-state index < -0.39 is 0 Å². The summed E-state index contributed by atoms with van der Waals surface area (Å²) in [6, 6.07) is 5.75. The van der Waals surface area contributed by atoms with Crippen LogP contribution >= 0.6 is 11.3 Å². The molecule has 1 N–H and O–H groups in total. The molecular weight excluding hydrogens is 290 g/mol. The Morgan fingerprint density at radius 1 is 1.19 bits per heavy atom. The van der Waals surface area contributed by atoms with Gasteiger partial charge in [0.05, 0.1) is 13.7 Å². The van der Waals surface area contributed by atoms with Crippen molar-refractivity contribution >= 4 is 11.3 Å². The molecule has 114 valence electrons. The smallest absolute Gasteiger partial charge is 0.299 e. The average Bonchev–Trinajstić information content (AvgIpc) is 2.93. The molecule has 2 rings (SSSR count). The molecule has 21 heavy (non-hydrogen) atoms. The minimum Gasteiger partial charge on any atom is -0.493 e. The average molecular weight is 309 g/mol. The molecule has 0 amide bonds. The van der Waals surface area contributed by atoms with Gasteiger partial charge in [-0.1, -0.05) is 22.5 Å². The molecule has 1 aromatic heterocycles. The van der Waals surface area contributed by atoms with Crippen LogP contribution in [0.2, 0.25) is 0 Å². The van der Waals surface area contributed by atoms with Crippen molar-refractivity contribution in [2.75, 3.05) is 27.4 Å². The first-order valence-corrected chi connectivity index (χ1v) is 7.39. The zero-order valence-corrected chi connectivity index (χ0v) is 13.2. The number of hydrogen-bond acceptors (Lipinski definition) is 7. The molecule has 0 fully saturated rings. The van der Waals surface area contributed by atoms with E-state index in [9.17, 15) is 0 Å². The lowest BCUT2D eigenvalue weighted by Gasteiger charge is -2.08. The number of rotatable bonds is 8. The van der Waals surface area contributed by atoms with Crippen molar-refractivity contribution in [1.29, 1.82) is 0 Å². The third-order valence-corrected chi connectivity index (χ3v) is 3.53. The van der Waals surface area contributed by atoms with Crippen LogP contribution < -0.4 is 14.8 Å². The summed E-state index contributed by atoms with van der Waals surface area (Å²) in [6.45, 7) is 4.09. The van der Waals surface area contributed by atoms with E-state index in [0.29, 0.717) is 29.8 Å². The van der Waals surface area contributed by atoms with E-state index in [1.54, 1.807) is 14.2 Å². The van der Waals surface area contributed by atoms with E-state index in [-0.39, 0.29) is 0 Å². The molecular formula is C14H19N3O3S. The molecule has 0 unspecified atom stereocenters. The zero-order chi connectivity index (χ0) is 15.1. The summed E-state index contributed by atoms with van der Waals surface area (Å²) >= 11 is 1.41. The molecule has 0 aliphatic rings. The maximum Gasteiger partial charge on any atom is 0.299 e. The number of nitrogens with zero attached hydrogens (tertiary/aromatic N) is 2. The lowest BCUT2D eigenvalue weighted by molar-refractivity contribution is 0.199. The van der Waals surface area contributed by atoms with Crippen molar-refractivity contribution in [2.45, 2.75) is 13.5 Å². The van der Waals surface area contributed by atoms with Gasteiger partial charge in [0.25, 0.3) is 5.19 Å². The van der Waals surface area contributed by atoms with E-state index >= 15 is 0 Å². The SMILES string of the molecule is COCCNCc1nnc(Oc2ccc(C)cc2OC)s1. The van der Waals surface area contributed by atoms with Crippen LogP contribution in [0.25, 0.3) is 0 Å². The molecule has 1 heterocycles. The summed E-state index contributed by atoms with van der Waals surface area (Å²) in [5, 5.41) is 12.7. The summed E-state index contributed by atoms with van der Waals surface area (Å²) in [6.07, 6.45) is 0. The number of methoxy groups -OCH3 is 2. The van der Waals surface area contributed by atoms with Crippen LogP contribution in [-0.2, 0) is 11.3 Å². The van der Waals surface area contributed by atoms with E-state index in [1.807, 2.05) is 25.1 Å². The van der Waals surface area contributed by atoms with Crippen molar-refractivity contribution in [2.24, 2.45) is 0 Å². The van der Waals surface area contributed by atoms with Gasteiger partial charge in [0.15, 0.2) is 11.5 Å². The van der Waals surface area contributed by atoms with E-state index in [2.05, 4.69) is 15.5 Å². The molecule has 2 aromatic rings. The van der Waals surface area contributed by atoms with Crippen LogP contribution in [0.1, 0.15) is 10.6 Å². The number of nitrogens with one attached hydrogen (secondary N) is 1. The lowest BCUT2D eigenvalue weighted by atomic mass is 10.2. The molecule has 0 atom stereocenters. The van der Waals surface area contributed by atoms with Gasteiger partial charge in [-0.2, -0.15) is 0 Å². The summed E-state index contributed by atoms with van der Waals surface area (Å²) in [4.78, 5) is 0. The maximum atomic E-state index is 5.73. The summed E-state index contributed by atoms with van der Waals surface area (Å²) in [5.41, 5.74) is 1.11. The standard InChI is InChI=1S/C14H19N3O3S/c1-10-4-5-11(12(8-10)19-3)20-14-17-16-13(21-14)9-15-6-7-18-2/h4-5,8,15H,6-7,9H2,1-3H3. The van der Waals surface area contributed by atoms with Gasteiger partial charge in [-0.25, -0.2) is 0 Å². The molecule has 7 heteroatoms. The Morgan fingerprint density at radius 3 is 2.81 bits per heavy atom. The van der Waals surface area contributed by atoms with Gasteiger partial charge in [0.2, 0.25) is 0 Å². The van der Waals surface area contributed by atoms with Crippen molar-refractivity contribution in [3.63, 3.8) is 0 Å². The van der Waals surface area contributed by atoms with Crippen molar-refractivity contribution < 1.29 is 14.2 Å². The second-order valence-electron chi connectivity index (χ2n) is 4.39. The largest absolute Gasteiger partial charge is 0.493 e. The Hall–Kier alpha value is -1.70. The van der Waals surface area contributed by atoms with Gasteiger partial charge in [-0.3, -0.25) is 0 Å². The molecule has 0 saturated carbocycles. The Kier molecular flexibility index (Phi) is 5.91. The highest BCUT2D eigenvalue weighted by atomic mass is 32.1. The molecule has 0 saturated heterocycles. The van der Waals surface area contributed by atoms with Gasteiger partial charge in [-0.15, -0.1) is 5.10 Å². The van der Waals surface area contributed by atoms with Gasteiger partial charge in [-0.05, 0) is 24.6 Å². The predicted octanol–water partition coefficient (Wildman–Crippen LogP) is 2.38.